The van der Waals surface area contributed by atoms with Crippen molar-refractivity contribution >= 4 is 11.0 Å². The molecule has 3 nitrogen and oxygen atoms in total. The zero-order valence-corrected chi connectivity index (χ0v) is 11.9. The average molecular weight is 279 g/mol. The quantitative estimate of drug-likeness (QED) is 0.774. The third kappa shape index (κ3) is 2.05. The molecule has 2 heterocycles. The van der Waals surface area contributed by atoms with Crippen LogP contribution in [0.3, 0.4) is 0 Å². The molecule has 0 saturated carbocycles. The van der Waals surface area contributed by atoms with E-state index in [1.54, 1.807) is 6.20 Å². The first-order valence-electron chi connectivity index (χ1n) is 7.34. The van der Waals surface area contributed by atoms with Crippen LogP contribution in [0.4, 0.5) is 0 Å². The summed E-state index contributed by atoms with van der Waals surface area (Å²) < 4.78 is 5.83. The fourth-order valence-corrected chi connectivity index (χ4v) is 3.28. The van der Waals surface area contributed by atoms with Gasteiger partial charge in [-0.2, -0.15) is 0 Å². The molecule has 2 aromatic heterocycles. The number of aliphatic hydroxyl groups excluding tert-OH is 1. The number of rotatable bonds is 2. The Kier molecular flexibility index (Phi) is 2.82. The molecule has 4 rings (SSSR count). The van der Waals surface area contributed by atoms with Crippen molar-refractivity contribution in [1.82, 2.24) is 4.98 Å². The number of pyridine rings is 1. The van der Waals surface area contributed by atoms with Crippen LogP contribution in [0.15, 0.2) is 47.0 Å². The van der Waals surface area contributed by atoms with Gasteiger partial charge in [0.25, 0.3) is 0 Å². The smallest absolute Gasteiger partial charge is 0.134 e. The highest BCUT2D eigenvalue weighted by Crippen LogP contribution is 2.41. The first kappa shape index (κ1) is 12.6. The number of fused-ring (bicyclic) bond motifs is 2. The first-order chi connectivity index (χ1) is 10.2. The highest BCUT2D eigenvalue weighted by molar-refractivity contribution is 5.78. The van der Waals surface area contributed by atoms with Crippen molar-refractivity contribution < 1.29 is 9.52 Å². The highest BCUT2D eigenvalue weighted by Gasteiger charge is 2.32. The maximum absolute atomic E-state index is 10.7. The van der Waals surface area contributed by atoms with E-state index >= 15 is 0 Å². The molecule has 1 aliphatic carbocycles. The third-order valence-electron chi connectivity index (χ3n) is 4.37. The Hall–Kier alpha value is -2.13. The van der Waals surface area contributed by atoms with Crippen LogP contribution in [0.1, 0.15) is 41.0 Å². The van der Waals surface area contributed by atoms with E-state index in [1.165, 1.54) is 11.1 Å². The van der Waals surface area contributed by atoms with E-state index < -0.39 is 6.10 Å². The number of aliphatic hydroxyl groups is 1. The molecule has 3 aromatic rings. The summed E-state index contributed by atoms with van der Waals surface area (Å²) in [5.41, 5.74) is 4.28. The van der Waals surface area contributed by atoms with E-state index in [1.807, 2.05) is 24.3 Å². The lowest BCUT2D eigenvalue weighted by molar-refractivity contribution is 0.120. The van der Waals surface area contributed by atoms with E-state index in [9.17, 15) is 5.11 Å². The van der Waals surface area contributed by atoms with Crippen LogP contribution in [0.5, 0.6) is 0 Å². The van der Waals surface area contributed by atoms with Crippen molar-refractivity contribution in [1.29, 1.82) is 0 Å². The van der Waals surface area contributed by atoms with E-state index in [2.05, 4.69) is 24.0 Å². The molecular formula is C18H17NO2. The fraction of sp³-hybridized carbons (Fsp3) is 0.278. The Morgan fingerprint density at radius 3 is 3.10 bits per heavy atom. The lowest BCUT2D eigenvalue weighted by Gasteiger charge is -2.15. The molecule has 0 radical (unpaired) electrons. The Bertz CT molecular complexity index is 806. The standard InChI is InChI=1S/C18H17NO2/c1-11-4-7-15-13(9-11)10-16(21-15)18(20)14-6-5-12-3-2-8-19-17(12)14/h2-4,7-10,14,18,20H,5-6H2,1H3. The predicted molar refractivity (Wildman–Crippen MR) is 81.2 cm³/mol. The second kappa shape index (κ2) is 4.71. The molecule has 0 spiro atoms. The van der Waals surface area contributed by atoms with Gasteiger partial charge in [0.1, 0.15) is 17.4 Å². The van der Waals surface area contributed by atoms with Gasteiger partial charge >= 0.3 is 0 Å². The van der Waals surface area contributed by atoms with E-state index in [0.29, 0.717) is 5.76 Å². The van der Waals surface area contributed by atoms with Gasteiger partial charge in [0, 0.05) is 23.2 Å². The summed E-state index contributed by atoms with van der Waals surface area (Å²) in [5, 5.41) is 11.7. The molecule has 0 fully saturated rings. The van der Waals surface area contributed by atoms with Crippen LogP contribution < -0.4 is 0 Å². The lowest BCUT2D eigenvalue weighted by Crippen LogP contribution is -2.08. The molecule has 2 unspecified atom stereocenters. The topological polar surface area (TPSA) is 46.3 Å². The van der Waals surface area contributed by atoms with Crippen LogP contribution in [0.2, 0.25) is 0 Å². The van der Waals surface area contributed by atoms with Crippen molar-refractivity contribution in [3.8, 4) is 0 Å². The SMILES string of the molecule is Cc1ccc2oc(C(O)C3CCc4cccnc43)cc2c1. The Labute approximate surface area is 123 Å². The maximum Gasteiger partial charge on any atom is 0.134 e. The van der Waals surface area contributed by atoms with Gasteiger partial charge in [-0.25, -0.2) is 0 Å². The number of benzene rings is 1. The summed E-state index contributed by atoms with van der Waals surface area (Å²) in [6, 6.07) is 12.1. The molecule has 0 saturated heterocycles. The maximum atomic E-state index is 10.7. The number of aryl methyl sites for hydroxylation is 2. The van der Waals surface area contributed by atoms with Crippen LogP contribution in [0, 0.1) is 6.92 Å². The van der Waals surface area contributed by atoms with Gasteiger partial charge in [-0.05, 0) is 49.6 Å². The number of hydrogen-bond acceptors (Lipinski definition) is 3. The number of nitrogens with zero attached hydrogens (tertiary/aromatic N) is 1. The molecule has 3 heteroatoms. The molecule has 1 aliphatic rings. The highest BCUT2D eigenvalue weighted by atomic mass is 16.4. The molecule has 21 heavy (non-hydrogen) atoms. The minimum absolute atomic E-state index is 0.0304. The minimum Gasteiger partial charge on any atom is -0.458 e. The van der Waals surface area contributed by atoms with Crippen LogP contribution in [-0.4, -0.2) is 10.1 Å². The largest absolute Gasteiger partial charge is 0.458 e. The van der Waals surface area contributed by atoms with E-state index in [0.717, 1.165) is 29.5 Å². The lowest BCUT2D eigenvalue weighted by atomic mass is 9.97. The average Bonchev–Trinajstić information content (AvgIpc) is 3.09. The molecular weight excluding hydrogens is 262 g/mol. The number of hydrogen-bond donors (Lipinski definition) is 1. The van der Waals surface area contributed by atoms with Crippen molar-refractivity contribution in [2.24, 2.45) is 0 Å². The van der Waals surface area contributed by atoms with Crippen LogP contribution >= 0.6 is 0 Å². The van der Waals surface area contributed by atoms with Crippen molar-refractivity contribution in [3.63, 3.8) is 0 Å². The third-order valence-corrected chi connectivity index (χ3v) is 4.37. The summed E-state index contributed by atoms with van der Waals surface area (Å²) in [7, 11) is 0. The molecule has 0 amide bonds. The predicted octanol–water partition coefficient (Wildman–Crippen LogP) is 3.90. The normalized spacial score (nSPS) is 18.9. The Balaban J connectivity index is 1.72. The van der Waals surface area contributed by atoms with Crippen molar-refractivity contribution in [3.05, 3.63) is 65.2 Å². The van der Waals surface area contributed by atoms with Gasteiger partial charge in [-0.1, -0.05) is 17.7 Å². The summed E-state index contributed by atoms with van der Waals surface area (Å²) >= 11 is 0. The number of furan rings is 1. The summed E-state index contributed by atoms with van der Waals surface area (Å²) in [5.74, 6) is 0.668. The number of aromatic nitrogens is 1. The molecule has 106 valence electrons. The second-order valence-electron chi connectivity index (χ2n) is 5.83. The monoisotopic (exact) mass is 279 g/mol. The van der Waals surface area contributed by atoms with Gasteiger partial charge in [0.05, 0.1) is 0 Å². The molecule has 0 aliphatic heterocycles. The molecule has 0 bridgehead atoms. The van der Waals surface area contributed by atoms with Crippen molar-refractivity contribution in [2.45, 2.75) is 31.8 Å². The molecule has 1 N–H and O–H groups in total. The summed E-state index contributed by atoms with van der Waals surface area (Å²) in [6.45, 7) is 2.06. The van der Waals surface area contributed by atoms with Gasteiger partial charge in [0.2, 0.25) is 0 Å². The Morgan fingerprint density at radius 2 is 2.19 bits per heavy atom. The fourth-order valence-electron chi connectivity index (χ4n) is 3.28. The summed E-state index contributed by atoms with van der Waals surface area (Å²) in [6.07, 6.45) is 3.06. The first-order valence-corrected chi connectivity index (χ1v) is 7.34. The summed E-state index contributed by atoms with van der Waals surface area (Å²) in [4.78, 5) is 4.45. The van der Waals surface area contributed by atoms with E-state index in [4.69, 9.17) is 4.42 Å². The molecule has 1 aromatic carbocycles. The zero-order chi connectivity index (χ0) is 14.4. The van der Waals surface area contributed by atoms with E-state index in [-0.39, 0.29) is 5.92 Å². The van der Waals surface area contributed by atoms with Gasteiger partial charge in [-0.3, -0.25) is 4.98 Å². The Morgan fingerprint density at radius 1 is 1.29 bits per heavy atom. The second-order valence-corrected chi connectivity index (χ2v) is 5.83. The van der Waals surface area contributed by atoms with Crippen LogP contribution in [-0.2, 0) is 6.42 Å². The molecule has 2 atom stereocenters. The zero-order valence-electron chi connectivity index (χ0n) is 11.9. The van der Waals surface area contributed by atoms with Gasteiger partial charge < -0.3 is 9.52 Å². The van der Waals surface area contributed by atoms with Gasteiger partial charge in [-0.15, -0.1) is 0 Å². The van der Waals surface area contributed by atoms with Crippen molar-refractivity contribution in [2.75, 3.05) is 0 Å². The van der Waals surface area contributed by atoms with Gasteiger partial charge in [0.15, 0.2) is 0 Å². The van der Waals surface area contributed by atoms with Crippen LogP contribution in [0.25, 0.3) is 11.0 Å². The minimum atomic E-state index is -0.631.